The fourth-order valence-corrected chi connectivity index (χ4v) is 8.17. The number of nitrogens with zero attached hydrogens (tertiary/aromatic N) is 1. The van der Waals surface area contributed by atoms with Crippen molar-refractivity contribution in [2.24, 2.45) is 0 Å². The molecule has 0 aromatic carbocycles. The fourth-order valence-electron chi connectivity index (χ4n) is 2.71. The summed E-state index contributed by atoms with van der Waals surface area (Å²) in [6.45, 7) is 7.40. The summed E-state index contributed by atoms with van der Waals surface area (Å²) in [6.07, 6.45) is 0. The number of rotatable bonds is 2. The van der Waals surface area contributed by atoms with Crippen LogP contribution in [-0.4, -0.2) is 56.3 Å². The molecule has 2 nitrogen and oxygen atoms in total. The molecule has 12 heavy (non-hydrogen) atoms. The molecule has 1 fully saturated rings. The van der Waals surface area contributed by atoms with Crippen LogP contribution in [0.15, 0.2) is 0 Å². The molecular weight excluding hydrogens is 180 g/mol. The SMILES string of the molecule is CC1C[N+](C)([SiH2]C[SiH3])CC(C)N1. The molecule has 0 spiro atoms. The van der Waals surface area contributed by atoms with E-state index in [9.17, 15) is 0 Å². The van der Waals surface area contributed by atoms with Crippen molar-refractivity contribution in [2.75, 3.05) is 20.1 Å². The topological polar surface area (TPSA) is 12.0 Å². The lowest BCUT2D eigenvalue weighted by atomic mass is 10.2. The van der Waals surface area contributed by atoms with Crippen LogP contribution in [-0.2, 0) is 0 Å². The summed E-state index contributed by atoms with van der Waals surface area (Å²) in [5.41, 5.74) is 1.58. The summed E-state index contributed by atoms with van der Waals surface area (Å²) in [6, 6.07) is 1.47. The van der Waals surface area contributed by atoms with Crippen molar-refractivity contribution in [2.45, 2.75) is 31.6 Å². The maximum absolute atomic E-state index is 3.61. The van der Waals surface area contributed by atoms with Gasteiger partial charge in [0.25, 0.3) is 9.68 Å². The second kappa shape index (κ2) is 4.04. The average Bonchev–Trinajstić information content (AvgIpc) is 1.82. The van der Waals surface area contributed by atoms with Gasteiger partial charge in [0.15, 0.2) is 0 Å². The lowest BCUT2D eigenvalue weighted by Crippen LogP contribution is -2.64. The zero-order chi connectivity index (χ0) is 9.19. The molecule has 72 valence electrons. The Morgan fingerprint density at radius 2 is 1.92 bits per heavy atom. The van der Waals surface area contributed by atoms with Crippen molar-refractivity contribution < 1.29 is 4.15 Å². The number of hydrogen-bond acceptors (Lipinski definition) is 1. The van der Waals surface area contributed by atoms with Gasteiger partial charge in [-0.05, 0) is 19.5 Å². The normalized spacial score (nSPS) is 44.2. The first-order valence-corrected chi connectivity index (χ1v) is 8.20. The van der Waals surface area contributed by atoms with Crippen LogP contribution in [0.3, 0.4) is 0 Å². The van der Waals surface area contributed by atoms with E-state index in [0.29, 0.717) is 0 Å². The Labute approximate surface area is 81.6 Å². The molecule has 0 aliphatic carbocycles. The minimum atomic E-state index is 0.175. The van der Waals surface area contributed by atoms with Gasteiger partial charge in [0.05, 0.1) is 32.2 Å². The molecule has 2 unspecified atom stereocenters. The molecule has 0 saturated carbocycles. The van der Waals surface area contributed by atoms with Crippen LogP contribution in [0.2, 0.25) is 5.67 Å². The van der Waals surface area contributed by atoms with Gasteiger partial charge in [-0.25, -0.2) is 0 Å². The quantitative estimate of drug-likeness (QED) is 0.547. The molecule has 0 aromatic heterocycles. The predicted octanol–water partition coefficient (Wildman–Crippen LogP) is -1.36. The van der Waals surface area contributed by atoms with E-state index < -0.39 is 0 Å². The second-order valence-corrected chi connectivity index (χ2v) is 10.7. The monoisotopic (exact) mass is 203 g/mol. The molecule has 1 aliphatic heterocycles. The van der Waals surface area contributed by atoms with E-state index in [-0.39, 0.29) is 9.68 Å². The summed E-state index contributed by atoms with van der Waals surface area (Å²) < 4.78 is 1.43. The first-order chi connectivity index (χ1) is 5.56. The van der Waals surface area contributed by atoms with Crippen molar-refractivity contribution >= 4 is 19.9 Å². The minimum Gasteiger partial charge on any atom is -0.388 e. The Morgan fingerprint density at radius 3 is 2.33 bits per heavy atom. The van der Waals surface area contributed by atoms with Crippen LogP contribution in [0.25, 0.3) is 0 Å². The Morgan fingerprint density at radius 1 is 1.42 bits per heavy atom. The lowest BCUT2D eigenvalue weighted by molar-refractivity contribution is -0.809. The minimum absolute atomic E-state index is 0.175. The number of nitrogens with one attached hydrogen (secondary N) is 1. The van der Waals surface area contributed by atoms with Gasteiger partial charge in [-0.2, -0.15) is 0 Å². The molecule has 4 heteroatoms. The maximum atomic E-state index is 3.61. The smallest absolute Gasteiger partial charge is 0.251 e. The first-order valence-electron chi connectivity index (χ1n) is 5.15. The summed E-state index contributed by atoms with van der Waals surface area (Å²) in [4.78, 5) is 0. The summed E-state index contributed by atoms with van der Waals surface area (Å²) in [5.74, 6) is 0. The second-order valence-electron chi connectivity index (χ2n) is 4.68. The van der Waals surface area contributed by atoms with E-state index in [1.807, 2.05) is 0 Å². The van der Waals surface area contributed by atoms with Gasteiger partial charge in [0, 0.05) is 10.2 Å². The Balaban J connectivity index is 2.52. The Hall–Kier alpha value is 0.354. The van der Waals surface area contributed by atoms with Crippen LogP contribution >= 0.6 is 0 Å². The molecule has 1 saturated heterocycles. The molecule has 2 atom stereocenters. The molecule has 0 aromatic rings. The maximum Gasteiger partial charge on any atom is 0.251 e. The van der Waals surface area contributed by atoms with E-state index in [1.165, 1.54) is 27.5 Å². The lowest BCUT2D eigenvalue weighted by Gasteiger charge is -2.45. The van der Waals surface area contributed by atoms with Crippen molar-refractivity contribution in [3.63, 3.8) is 0 Å². The van der Waals surface area contributed by atoms with E-state index >= 15 is 0 Å². The van der Waals surface area contributed by atoms with E-state index in [2.05, 4.69) is 26.2 Å². The highest BCUT2D eigenvalue weighted by atomic mass is 28.3. The Bertz CT molecular complexity index is 142. The van der Waals surface area contributed by atoms with Crippen LogP contribution in [0.4, 0.5) is 0 Å². The molecule has 0 radical (unpaired) electrons. The number of piperazine rings is 1. The summed E-state index contributed by atoms with van der Waals surface area (Å²) >= 11 is 0. The highest BCUT2D eigenvalue weighted by Crippen LogP contribution is 2.11. The van der Waals surface area contributed by atoms with Crippen LogP contribution in [0, 0.1) is 0 Å². The molecule has 1 aliphatic rings. The van der Waals surface area contributed by atoms with Crippen molar-refractivity contribution in [1.82, 2.24) is 5.32 Å². The number of hydrogen-bond donors (Lipinski definition) is 1. The van der Waals surface area contributed by atoms with Gasteiger partial charge in [0.2, 0.25) is 0 Å². The molecule has 1 heterocycles. The van der Waals surface area contributed by atoms with E-state index in [0.717, 1.165) is 12.1 Å². The standard InChI is InChI=1S/C8H23N2Si2/c1-7-4-10(3,12-6-11)5-8(2)9-7/h7-9H,4-6,12H2,1-3,11H3/q+1. The van der Waals surface area contributed by atoms with E-state index in [4.69, 9.17) is 0 Å². The van der Waals surface area contributed by atoms with Crippen molar-refractivity contribution in [3.8, 4) is 0 Å². The highest BCUT2D eigenvalue weighted by molar-refractivity contribution is 6.41. The highest BCUT2D eigenvalue weighted by Gasteiger charge is 2.30. The van der Waals surface area contributed by atoms with Gasteiger partial charge < -0.3 is 9.47 Å². The van der Waals surface area contributed by atoms with Gasteiger partial charge >= 0.3 is 0 Å². The van der Waals surface area contributed by atoms with Crippen molar-refractivity contribution in [1.29, 1.82) is 0 Å². The summed E-state index contributed by atoms with van der Waals surface area (Å²) in [7, 11) is 4.06. The summed E-state index contributed by atoms with van der Waals surface area (Å²) in [5, 5.41) is 3.61. The van der Waals surface area contributed by atoms with Crippen LogP contribution < -0.4 is 5.32 Å². The van der Waals surface area contributed by atoms with Gasteiger partial charge in [-0.1, -0.05) is 0 Å². The Kier molecular flexibility index (Phi) is 3.51. The first kappa shape index (κ1) is 10.4. The molecular formula is C8H23N2Si2+. The number of likely N-dealkylation sites (N-methyl/N-ethyl adjacent to an activating group) is 1. The third-order valence-corrected chi connectivity index (χ3v) is 6.15. The van der Waals surface area contributed by atoms with Crippen LogP contribution in [0.1, 0.15) is 13.8 Å². The number of quaternary nitrogens is 1. The zero-order valence-electron chi connectivity index (χ0n) is 8.93. The predicted molar refractivity (Wildman–Crippen MR) is 61.3 cm³/mol. The molecule has 1 rings (SSSR count). The molecule has 1 N–H and O–H groups in total. The average molecular weight is 203 g/mol. The fraction of sp³-hybridized carbons (Fsp3) is 1.00. The molecule has 0 amide bonds. The van der Waals surface area contributed by atoms with Gasteiger partial charge in [-0.3, -0.25) is 0 Å². The molecule has 0 bridgehead atoms. The third kappa shape index (κ3) is 2.69. The van der Waals surface area contributed by atoms with E-state index in [1.54, 1.807) is 5.67 Å². The van der Waals surface area contributed by atoms with Gasteiger partial charge in [0.1, 0.15) is 0 Å². The van der Waals surface area contributed by atoms with Gasteiger partial charge in [-0.15, -0.1) is 0 Å². The third-order valence-electron chi connectivity index (χ3n) is 2.76. The zero-order valence-corrected chi connectivity index (χ0v) is 12.3. The van der Waals surface area contributed by atoms with Crippen molar-refractivity contribution in [3.05, 3.63) is 0 Å². The largest absolute Gasteiger partial charge is 0.388 e. The van der Waals surface area contributed by atoms with Crippen LogP contribution in [0.5, 0.6) is 0 Å².